The van der Waals surface area contributed by atoms with Crippen LogP contribution in [0, 0.1) is 5.92 Å². The normalized spacial score (nSPS) is 20.4. The van der Waals surface area contributed by atoms with E-state index in [-0.39, 0.29) is 23.6 Å². The molecule has 2 rings (SSSR count). The minimum absolute atomic E-state index is 0.116. The summed E-state index contributed by atoms with van der Waals surface area (Å²) in [5.41, 5.74) is 0.323. The standard InChI is InChI=1S/C15H15BrF2N2O4/c1-3-23-13(21)11-7(2)19-15(22)20-12(11)9-6-8(16)4-5-10(9)24-14(17)18/h4-6,11-12,14H,2-3H2,1H3,(H2,19,20,22)/t11-,12-/m0/s1. The smallest absolute Gasteiger partial charge is 0.387 e. The Bertz CT molecular complexity index is 669. The van der Waals surface area contributed by atoms with E-state index in [1.165, 1.54) is 18.2 Å². The predicted molar refractivity (Wildman–Crippen MR) is 84.4 cm³/mol. The largest absolute Gasteiger partial charge is 0.465 e. The monoisotopic (exact) mass is 404 g/mol. The van der Waals surface area contributed by atoms with Gasteiger partial charge in [-0.15, -0.1) is 0 Å². The van der Waals surface area contributed by atoms with Crippen LogP contribution in [0.2, 0.25) is 0 Å². The Hall–Kier alpha value is -2.16. The van der Waals surface area contributed by atoms with E-state index in [0.29, 0.717) is 4.47 Å². The Morgan fingerprint density at radius 3 is 2.79 bits per heavy atom. The zero-order chi connectivity index (χ0) is 17.9. The second-order valence-corrected chi connectivity index (χ2v) is 5.81. The molecule has 0 bridgehead atoms. The van der Waals surface area contributed by atoms with Crippen molar-refractivity contribution in [2.75, 3.05) is 6.61 Å². The molecule has 0 unspecified atom stereocenters. The van der Waals surface area contributed by atoms with E-state index in [0.717, 1.165) is 0 Å². The van der Waals surface area contributed by atoms with Gasteiger partial charge >= 0.3 is 18.6 Å². The molecular formula is C15H15BrF2N2O4. The summed E-state index contributed by atoms with van der Waals surface area (Å²) >= 11 is 3.24. The van der Waals surface area contributed by atoms with Gasteiger partial charge in [0.2, 0.25) is 0 Å². The highest BCUT2D eigenvalue weighted by atomic mass is 79.9. The van der Waals surface area contributed by atoms with Gasteiger partial charge in [0.05, 0.1) is 12.6 Å². The van der Waals surface area contributed by atoms with Crippen LogP contribution in [-0.4, -0.2) is 25.2 Å². The minimum atomic E-state index is -3.05. The van der Waals surface area contributed by atoms with Crippen LogP contribution >= 0.6 is 15.9 Å². The maximum absolute atomic E-state index is 12.7. The second kappa shape index (κ2) is 7.61. The molecule has 1 aliphatic rings. The molecule has 2 N–H and O–H groups in total. The molecule has 2 atom stereocenters. The van der Waals surface area contributed by atoms with Gasteiger partial charge < -0.3 is 20.1 Å². The number of benzene rings is 1. The molecule has 0 saturated carbocycles. The predicted octanol–water partition coefficient (Wildman–Crippen LogP) is 3.10. The highest BCUT2D eigenvalue weighted by Gasteiger charge is 2.40. The Morgan fingerprint density at radius 1 is 1.46 bits per heavy atom. The fourth-order valence-corrected chi connectivity index (χ4v) is 2.80. The van der Waals surface area contributed by atoms with Crippen molar-refractivity contribution in [2.24, 2.45) is 5.92 Å². The summed E-state index contributed by atoms with van der Waals surface area (Å²) < 4.78 is 35.4. The van der Waals surface area contributed by atoms with Crippen LogP contribution in [0.5, 0.6) is 5.75 Å². The number of ether oxygens (including phenoxy) is 2. The van der Waals surface area contributed by atoms with Gasteiger partial charge in [-0.1, -0.05) is 22.5 Å². The number of rotatable bonds is 5. The molecule has 24 heavy (non-hydrogen) atoms. The number of alkyl halides is 2. The van der Waals surface area contributed by atoms with Gasteiger partial charge in [0.1, 0.15) is 11.7 Å². The van der Waals surface area contributed by atoms with Crippen molar-refractivity contribution in [1.29, 1.82) is 0 Å². The second-order valence-electron chi connectivity index (χ2n) is 4.89. The molecule has 0 radical (unpaired) electrons. The maximum Gasteiger partial charge on any atom is 0.387 e. The Balaban J connectivity index is 2.48. The topological polar surface area (TPSA) is 76.7 Å². The van der Waals surface area contributed by atoms with Gasteiger partial charge in [0, 0.05) is 15.7 Å². The van der Waals surface area contributed by atoms with E-state index in [1.54, 1.807) is 6.92 Å². The van der Waals surface area contributed by atoms with Gasteiger partial charge in [-0.3, -0.25) is 4.79 Å². The molecule has 1 fully saturated rings. The van der Waals surface area contributed by atoms with Gasteiger partial charge in [-0.25, -0.2) is 4.79 Å². The first-order chi connectivity index (χ1) is 11.3. The molecular weight excluding hydrogens is 390 g/mol. The van der Waals surface area contributed by atoms with Crippen molar-refractivity contribution < 1.29 is 27.8 Å². The third kappa shape index (κ3) is 4.02. The molecule has 1 aliphatic heterocycles. The number of halogens is 3. The molecule has 6 nitrogen and oxygen atoms in total. The Morgan fingerprint density at radius 2 is 2.17 bits per heavy atom. The lowest BCUT2D eigenvalue weighted by atomic mass is 9.88. The lowest BCUT2D eigenvalue weighted by molar-refractivity contribution is -0.147. The van der Waals surface area contributed by atoms with E-state index < -0.39 is 30.6 Å². The number of urea groups is 1. The zero-order valence-electron chi connectivity index (χ0n) is 12.6. The molecule has 0 aromatic heterocycles. The number of hydrogen-bond donors (Lipinski definition) is 2. The third-order valence-corrected chi connectivity index (χ3v) is 3.83. The van der Waals surface area contributed by atoms with Crippen LogP contribution in [0.15, 0.2) is 34.9 Å². The van der Waals surface area contributed by atoms with Crippen molar-refractivity contribution in [3.8, 4) is 5.75 Å². The van der Waals surface area contributed by atoms with Gasteiger partial charge in [0.15, 0.2) is 0 Å². The first-order valence-corrected chi connectivity index (χ1v) is 7.80. The molecule has 1 aromatic rings. The molecule has 9 heteroatoms. The van der Waals surface area contributed by atoms with Crippen LogP contribution in [0.1, 0.15) is 18.5 Å². The van der Waals surface area contributed by atoms with E-state index >= 15 is 0 Å². The summed E-state index contributed by atoms with van der Waals surface area (Å²) in [6, 6.07) is 2.77. The first-order valence-electron chi connectivity index (χ1n) is 7.00. The average molecular weight is 405 g/mol. The van der Waals surface area contributed by atoms with Crippen molar-refractivity contribution >= 4 is 27.9 Å². The first kappa shape index (κ1) is 18.2. The SMILES string of the molecule is C=C1NC(=O)N[C@@H](c2cc(Br)ccc2OC(F)F)[C@H]1C(=O)OCC. The van der Waals surface area contributed by atoms with Crippen LogP contribution in [0.4, 0.5) is 13.6 Å². The zero-order valence-corrected chi connectivity index (χ0v) is 14.2. The fourth-order valence-electron chi connectivity index (χ4n) is 2.42. The summed E-state index contributed by atoms with van der Waals surface area (Å²) in [6.07, 6.45) is 0. The van der Waals surface area contributed by atoms with Gasteiger partial charge in [-0.2, -0.15) is 8.78 Å². The summed E-state index contributed by atoms with van der Waals surface area (Å²) in [5, 5.41) is 4.93. The summed E-state index contributed by atoms with van der Waals surface area (Å²) in [5.74, 6) is -1.78. The number of hydrogen-bond acceptors (Lipinski definition) is 4. The van der Waals surface area contributed by atoms with E-state index in [9.17, 15) is 18.4 Å². The third-order valence-electron chi connectivity index (χ3n) is 3.33. The summed E-state index contributed by atoms with van der Waals surface area (Å²) in [6.45, 7) is 2.38. The van der Waals surface area contributed by atoms with E-state index in [1.807, 2.05) is 0 Å². The summed E-state index contributed by atoms with van der Waals surface area (Å²) in [7, 11) is 0. The summed E-state index contributed by atoms with van der Waals surface area (Å²) in [4.78, 5) is 24.0. The lowest BCUT2D eigenvalue weighted by Gasteiger charge is -2.34. The average Bonchev–Trinajstić information content (AvgIpc) is 2.48. The van der Waals surface area contributed by atoms with Crippen LogP contribution in [0.25, 0.3) is 0 Å². The Kier molecular flexibility index (Phi) is 5.76. The quantitative estimate of drug-likeness (QED) is 0.739. The van der Waals surface area contributed by atoms with E-state index in [4.69, 9.17) is 4.74 Å². The fraction of sp³-hybridized carbons (Fsp3) is 0.333. The van der Waals surface area contributed by atoms with Crippen molar-refractivity contribution in [3.63, 3.8) is 0 Å². The number of carbonyl (C=O) groups is 2. The molecule has 2 amide bonds. The molecule has 1 saturated heterocycles. The number of esters is 1. The molecule has 1 heterocycles. The highest BCUT2D eigenvalue weighted by Crippen LogP contribution is 2.37. The van der Waals surface area contributed by atoms with Gasteiger partial charge in [0.25, 0.3) is 0 Å². The van der Waals surface area contributed by atoms with Crippen molar-refractivity contribution in [2.45, 2.75) is 19.6 Å². The molecule has 1 aromatic carbocycles. The number of amides is 2. The minimum Gasteiger partial charge on any atom is -0.465 e. The van der Waals surface area contributed by atoms with Gasteiger partial charge in [-0.05, 0) is 25.1 Å². The maximum atomic E-state index is 12.7. The number of nitrogens with one attached hydrogen (secondary N) is 2. The van der Waals surface area contributed by atoms with Crippen LogP contribution in [-0.2, 0) is 9.53 Å². The Labute approximate surface area is 145 Å². The molecule has 0 spiro atoms. The lowest BCUT2D eigenvalue weighted by Crippen LogP contribution is -2.51. The van der Waals surface area contributed by atoms with Crippen molar-refractivity contribution in [1.82, 2.24) is 10.6 Å². The van der Waals surface area contributed by atoms with Crippen molar-refractivity contribution in [3.05, 3.63) is 40.5 Å². The molecule has 130 valence electrons. The highest BCUT2D eigenvalue weighted by molar-refractivity contribution is 9.10. The number of carbonyl (C=O) groups excluding carboxylic acids is 2. The van der Waals surface area contributed by atoms with E-state index in [2.05, 4.69) is 37.9 Å². The van der Waals surface area contributed by atoms with Crippen LogP contribution < -0.4 is 15.4 Å². The van der Waals surface area contributed by atoms with Crippen LogP contribution in [0.3, 0.4) is 0 Å². The molecule has 0 aliphatic carbocycles.